The molecule has 0 N–H and O–H groups in total. The van der Waals surface area contributed by atoms with Crippen LogP contribution in [0.25, 0.3) is 6.08 Å². The van der Waals surface area contributed by atoms with Crippen molar-refractivity contribution >= 4 is 16.1 Å². The van der Waals surface area contributed by atoms with E-state index in [1.165, 1.54) is 0 Å². The van der Waals surface area contributed by atoms with Crippen LogP contribution >= 0.6 is 0 Å². The van der Waals surface area contributed by atoms with Gasteiger partial charge in [0, 0.05) is 13.1 Å². The maximum atomic E-state index is 13.2. The first-order valence-electron chi connectivity index (χ1n) is 8.94. The van der Waals surface area contributed by atoms with Gasteiger partial charge in [0.05, 0.1) is 19.1 Å². The average Bonchev–Trinajstić information content (AvgIpc) is 2.77. The third-order valence-electron chi connectivity index (χ3n) is 4.73. The van der Waals surface area contributed by atoms with E-state index in [1.807, 2.05) is 37.3 Å². The van der Waals surface area contributed by atoms with Gasteiger partial charge in [0.15, 0.2) is 11.5 Å². The van der Waals surface area contributed by atoms with Crippen LogP contribution in [0.1, 0.15) is 29.5 Å². The number of benzene rings is 2. The molecule has 144 valence electrons. The fraction of sp³-hybridized carbons (Fsp3) is 0.333. The van der Waals surface area contributed by atoms with E-state index >= 15 is 0 Å². The summed E-state index contributed by atoms with van der Waals surface area (Å²) in [5.41, 5.74) is 2.87. The Kier molecular flexibility index (Phi) is 5.87. The smallest absolute Gasteiger partial charge is 0.243 e. The number of hydrogen-bond donors (Lipinski definition) is 0. The molecular formula is C21H25NO4S. The van der Waals surface area contributed by atoms with Crippen LogP contribution < -0.4 is 9.47 Å². The Morgan fingerprint density at radius 3 is 2.33 bits per heavy atom. The minimum Gasteiger partial charge on any atom is -0.493 e. The zero-order chi connectivity index (χ0) is 19.4. The van der Waals surface area contributed by atoms with E-state index in [0.29, 0.717) is 22.9 Å². The van der Waals surface area contributed by atoms with Gasteiger partial charge in [-0.25, -0.2) is 8.42 Å². The maximum Gasteiger partial charge on any atom is 0.243 e. The van der Waals surface area contributed by atoms with E-state index in [1.54, 1.807) is 30.7 Å². The van der Waals surface area contributed by atoms with Gasteiger partial charge >= 0.3 is 0 Å². The SMILES string of the molecule is COc1cc2c(cc1OC)CN(S(=O)(=O)c1ccc(C)cc1)CCC/C=C\2. The van der Waals surface area contributed by atoms with E-state index in [4.69, 9.17) is 9.47 Å². The molecule has 0 amide bonds. The molecule has 0 unspecified atom stereocenters. The molecule has 0 aromatic heterocycles. The van der Waals surface area contributed by atoms with Crippen molar-refractivity contribution in [3.63, 3.8) is 0 Å². The van der Waals surface area contributed by atoms with Crippen LogP contribution in [-0.4, -0.2) is 33.5 Å². The summed E-state index contributed by atoms with van der Waals surface area (Å²) in [6.07, 6.45) is 5.68. The number of aryl methyl sites for hydroxylation is 1. The predicted octanol–water partition coefficient (Wildman–Crippen LogP) is 4.01. The third kappa shape index (κ3) is 4.17. The van der Waals surface area contributed by atoms with Gasteiger partial charge in [-0.3, -0.25) is 0 Å². The molecule has 0 saturated carbocycles. The lowest BCUT2D eigenvalue weighted by Gasteiger charge is -2.23. The number of allylic oxidation sites excluding steroid dienone is 1. The number of rotatable bonds is 4. The monoisotopic (exact) mass is 387 g/mol. The van der Waals surface area contributed by atoms with Gasteiger partial charge in [0.25, 0.3) is 0 Å². The number of sulfonamides is 1. The molecule has 2 aromatic rings. The van der Waals surface area contributed by atoms with Gasteiger partial charge in [-0.05, 0) is 55.2 Å². The maximum absolute atomic E-state index is 13.2. The molecule has 1 aliphatic heterocycles. The van der Waals surface area contributed by atoms with E-state index in [2.05, 4.69) is 6.08 Å². The topological polar surface area (TPSA) is 55.8 Å². The molecule has 0 bridgehead atoms. The fourth-order valence-electron chi connectivity index (χ4n) is 3.16. The molecule has 1 aliphatic rings. The van der Waals surface area contributed by atoms with Crippen molar-refractivity contribution in [1.82, 2.24) is 4.31 Å². The van der Waals surface area contributed by atoms with Gasteiger partial charge in [0.2, 0.25) is 10.0 Å². The Morgan fingerprint density at radius 2 is 1.67 bits per heavy atom. The zero-order valence-electron chi connectivity index (χ0n) is 15.9. The summed E-state index contributed by atoms with van der Waals surface area (Å²) in [5.74, 6) is 1.23. The number of methoxy groups -OCH3 is 2. The summed E-state index contributed by atoms with van der Waals surface area (Å²) in [4.78, 5) is 0.322. The predicted molar refractivity (Wildman–Crippen MR) is 107 cm³/mol. The lowest BCUT2D eigenvalue weighted by molar-refractivity contribution is 0.352. The van der Waals surface area contributed by atoms with Crippen molar-refractivity contribution in [2.75, 3.05) is 20.8 Å². The molecule has 0 atom stereocenters. The lowest BCUT2D eigenvalue weighted by Crippen LogP contribution is -2.31. The molecule has 0 radical (unpaired) electrons. The largest absolute Gasteiger partial charge is 0.493 e. The first-order chi connectivity index (χ1) is 13.0. The Labute approximate surface area is 161 Å². The number of ether oxygens (including phenoxy) is 2. The minimum absolute atomic E-state index is 0.288. The summed E-state index contributed by atoms with van der Waals surface area (Å²) < 4.78 is 38.8. The first-order valence-corrected chi connectivity index (χ1v) is 10.4. The van der Waals surface area contributed by atoms with Crippen LogP contribution in [0.15, 0.2) is 47.4 Å². The van der Waals surface area contributed by atoms with Crippen molar-refractivity contribution in [1.29, 1.82) is 0 Å². The molecule has 0 aliphatic carbocycles. The summed E-state index contributed by atoms with van der Waals surface area (Å²) in [6.45, 7) is 2.70. The van der Waals surface area contributed by atoms with Crippen LogP contribution in [0, 0.1) is 6.92 Å². The average molecular weight is 388 g/mol. The Hall–Kier alpha value is -2.31. The van der Waals surface area contributed by atoms with Crippen molar-refractivity contribution in [3.05, 3.63) is 59.2 Å². The molecule has 27 heavy (non-hydrogen) atoms. The summed E-state index contributed by atoms with van der Waals surface area (Å²) in [7, 11) is -0.405. The molecule has 1 heterocycles. The van der Waals surface area contributed by atoms with Gasteiger partial charge in [-0.2, -0.15) is 4.31 Å². The van der Waals surface area contributed by atoms with Gasteiger partial charge in [-0.1, -0.05) is 29.8 Å². The molecule has 6 heteroatoms. The molecular weight excluding hydrogens is 362 g/mol. The second-order valence-electron chi connectivity index (χ2n) is 6.60. The van der Waals surface area contributed by atoms with Crippen molar-refractivity contribution in [2.45, 2.75) is 31.2 Å². The second-order valence-corrected chi connectivity index (χ2v) is 8.54. The molecule has 3 rings (SSSR count). The zero-order valence-corrected chi connectivity index (χ0v) is 16.8. The second kappa shape index (κ2) is 8.15. The van der Waals surface area contributed by atoms with E-state index < -0.39 is 10.0 Å². The number of fused-ring (bicyclic) bond motifs is 1. The fourth-order valence-corrected chi connectivity index (χ4v) is 4.61. The minimum atomic E-state index is -3.58. The molecule has 5 nitrogen and oxygen atoms in total. The Morgan fingerprint density at radius 1 is 1.00 bits per heavy atom. The molecule has 0 saturated heterocycles. The van der Waals surface area contributed by atoms with Crippen molar-refractivity contribution in [2.24, 2.45) is 0 Å². The Balaban J connectivity index is 2.03. The highest BCUT2D eigenvalue weighted by Crippen LogP contribution is 2.33. The first kappa shape index (κ1) is 19.5. The van der Waals surface area contributed by atoms with Crippen LogP contribution in [-0.2, 0) is 16.6 Å². The highest BCUT2D eigenvalue weighted by atomic mass is 32.2. The summed E-state index contributed by atoms with van der Waals surface area (Å²) in [5, 5.41) is 0. The molecule has 0 spiro atoms. The van der Waals surface area contributed by atoms with E-state index in [9.17, 15) is 8.42 Å². The van der Waals surface area contributed by atoms with Crippen molar-refractivity contribution < 1.29 is 17.9 Å². The lowest BCUT2D eigenvalue weighted by atomic mass is 10.1. The standard InChI is InChI=1S/C21H25NO4S/c1-16-8-10-19(11-9-16)27(23,24)22-12-6-4-5-7-17-13-20(25-2)21(26-3)14-18(17)15-22/h5,7-11,13-14H,4,6,12,15H2,1-3H3/b7-5-. The highest BCUT2D eigenvalue weighted by molar-refractivity contribution is 7.89. The highest BCUT2D eigenvalue weighted by Gasteiger charge is 2.26. The number of hydrogen-bond acceptors (Lipinski definition) is 4. The number of nitrogens with zero attached hydrogens (tertiary/aromatic N) is 1. The Bertz CT molecular complexity index is 933. The normalized spacial score (nSPS) is 16.6. The quantitative estimate of drug-likeness (QED) is 0.795. The summed E-state index contributed by atoms with van der Waals surface area (Å²) >= 11 is 0. The van der Waals surface area contributed by atoms with Crippen LogP contribution in [0.5, 0.6) is 11.5 Å². The summed E-state index contributed by atoms with van der Waals surface area (Å²) in [6, 6.07) is 10.8. The third-order valence-corrected chi connectivity index (χ3v) is 6.59. The van der Waals surface area contributed by atoms with E-state index in [0.717, 1.165) is 29.5 Å². The van der Waals surface area contributed by atoms with Gasteiger partial charge in [-0.15, -0.1) is 0 Å². The molecule has 2 aromatic carbocycles. The van der Waals surface area contributed by atoms with Gasteiger partial charge < -0.3 is 9.47 Å². The molecule has 0 fully saturated rings. The van der Waals surface area contributed by atoms with E-state index in [-0.39, 0.29) is 6.54 Å². The van der Waals surface area contributed by atoms with Crippen molar-refractivity contribution in [3.8, 4) is 11.5 Å². The van der Waals surface area contributed by atoms with Gasteiger partial charge in [0.1, 0.15) is 0 Å². The van der Waals surface area contributed by atoms with Crippen LogP contribution in [0.2, 0.25) is 0 Å². The van der Waals surface area contributed by atoms with Crippen LogP contribution in [0.4, 0.5) is 0 Å². The van der Waals surface area contributed by atoms with Crippen LogP contribution in [0.3, 0.4) is 0 Å².